The number of β-amino-alcohol motifs (C(OH)–C–C–N with tert-alkyl or cyclic N) is 1. The van der Waals surface area contributed by atoms with E-state index in [0.29, 0.717) is 13.1 Å². The van der Waals surface area contributed by atoms with E-state index in [1.165, 1.54) is 19.3 Å². The summed E-state index contributed by atoms with van der Waals surface area (Å²) in [6.45, 7) is 4.95. The Bertz CT molecular complexity index is 1570. The lowest BCUT2D eigenvalue weighted by molar-refractivity contribution is -0.276. The summed E-state index contributed by atoms with van der Waals surface area (Å²) in [5.41, 5.74) is 6.16. The fraction of sp³-hybridized carbons (Fsp3) is 0.537. The Morgan fingerprint density at radius 1 is 0.878 bits per heavy atom. The lowest BCUT2D eigenvalue weighted by Gasteiger charge is -2.56. The highest BCUT2D eigenvalue weighted by Gasteiger charge is 2.51. The Labute approximate surface area is 290 Å². The van der Waals surface area contributed by atoms with Crippen LogP contribution in [-0.4, -0.2) is 58.5 Å². The topological polar surface area (TPSA) is 103 Å². The van der Waals surface area contributed by atoms with Gasteiger partial charge in [-0.25, -0.2) is 4.79 Å². The van der Waals surface area contributed by atoms with Gasteiger partial charge in [0.1, 0.15) is 0 Å². The zero-order valence-electron chi connectivity index (χ0n) is 28.6. The number of ether oxygens (including phenoxy) is 2. The third-order valence-electron chi connectivity index (χ3n) is 12.1. The Morgan fingerprint density at radius 2 is 1.57 bits per heavy atom. The summed E-state index contributed by atoms with van der Waals surface area (Å²) < 4.78 is 13.3. The number of urea groups is 1. The maximum absolute atomic E-state index is 13.1. The molecule has 0 spiro atoms. The third-order valence-corrected chi connectivity index (χ3v) is 12.1. The summed E-state index contributed by atoms with van der Waals surface area (Å²) in [6.07, 6.45) is 7.27. The van der Waals surface area contributed by atoms with Crippen LogP contribution in [0.2, 0.25) is 0 Å². The van der Waals surface area contributed by atoms with Crippen molar-refractivity contribution in [2.75, 3.05) is 19.6 Å². The average Bonchev–Trinajstić information content (AvgIpc) is 3.52. The Hall–Kier alpha value is -3.27. The Morgan fingerprint density at radius 3 is 2.22 bits per heavy atom. The molecule has 4 saturated carbocycles. The number of carbonyl (C=O) groups excluding carboxylic acids is 1. The molecule has 5 unspecified atom stereocenters. The number of hydrogen-bond donors (Lipinski definition) is 4. The van der Waals surface area contributed by atoms with Gasteiger partial charge in [0.2, 0.25) is 0 Å². The molecular formula is C41H51N3O5. The second kappa shape index (κ2) is 13.8. The molecule has 6 fully saturated rings. The van der Waals surface area contributed by atoms with Crippen molar-refractivity contribution in [3.05, 3.63) is 95.1 Å². The molecule has 2 amide bonds. The van der Waals surface area contributed by atoms with E-state index in [-0.39, 0.29) is 42.4 Å². The van der Waals surface area contributed by atoms with Gasteiger partial charge < -0.3 is 30.3 Å². The molecule has 0 radical (unpaired) electrons. The number of rotatable bonds is 9. The van der Waals surface area contributed by atoms with Gasteiger partial charge in [0, 0.05) is 43.2 Å². The second-order valence-electron chi connectivity index (χ2n) is 15.9. The molecule has 2 saturated heterocycles. The van der Waals surface area contributed by atoms with E-state index in [9.17, 15) is 15.0 Å². The van der Waals surface area contributed by atoms with Crippen LogP contribution in [0.25, 0.3) is 11.1 Å². The van der Waals surface area contributed by atoms with Crippen LogP contribution in [0.15, 0.2) is 72.8 Å². The number of carbonyl (C=O) groups is 1. The number of likely N-dealkylation sites (tertiary alicyclic amines) is 1. The molecule has 6 aliphatic rings. The highest BCUT2D eigenvalue weighted by atomic mass is 16.7. The van der Waals surface area contributed by atoms with Crippen molar-refractivity contribution in [2.24, 2.45) is 23.7 Å². The lowest BCUT2D eigenvalue weighted by Crippen LogP contribution is -2.61. The van der Waals surface area contributed by atoms with Gasteiger partial charge in [0.15, 0.2) is 6.29 Å². The minimum absolute atomic E-state index is 0.00742. The molecule has 0 aromatic heterocycles. The number of benzene rings is 3. The van der Waals surface area contributed by atoms with Crippen LogP contribution in [0.4, 0.5) is 4.79 Å². The van der Waals surface area contributed by atoms with E-state index < -0.39 is 6.29 Å². The standard InChI is InChI=1S/C41H51N3O5/c1-26-37(24-44-14-13-36(46)23-44)48-39(49-38(26)33-7-5-27(25-45)6-8-33)34-11-9-32(10-12-34)35-4-2-3-28(18-35)22-42-40(47)43-41-19-29-15-30(20-41)17-31(16-29)21-41/h2-12,18,26,29-31,36-39,45-46H,13-17,19-25H2,1H3,(H2,42,43,47). The van der Waals surface area contributed by atoms with Gasteiger partial charge in [-0.2, -0.15) is 0 Å². The number of nitrogens with zero attached hydrogens (tertiary/aromatic N) is 1. The van der Waals surface area contributed by atoms with Crippen LogP contribution in [0.3, 0.4) is 0 Å². The molecule has 4 bridgehead atoms. The lowest BCUT2D eigenvalue weighted by atomic mass is 9.53. The van der Waals surface area contributed by atoms with Crippen molar-refractivity contribution in [3.63, 3.8) is 0 Å². The number of nitrogens with one attached hydrogen (secondary N) is 2. The maximum Gasteiger partial charge on any atom is 0.315 e. The van der Waals surface area contributed by atoms with Gasteiger partial charge in [-0.3, -0.25) is 4.90 Å². The Balaban J connectivity index is 0.932. The number of aliphatic hydroxyl groups is 2. The molecule has 8 nitrogen and oxygen atoms in total. The first-order valence-corrected chi connectivity index (χ1v) is 18.5. The predicted molar refractivity (Wildman–Crippen MR) is 188 cm³/mol. The minimum atomic E-state index is -0.534. The van der Waals surface area contributed by atoms with Gasteiger partial charge in [-0.1, -0.05) is 73.7 Å². The maximum atomic E-state index is 13.1. The smallest absolute Gasteiger partial charge is 0.315 e. The first-order chi connectivity index (χ1) is 23.8. The summed E-state index contributed by atoms with van der Waals surface area (Å²) in [6, 6.07) is 24.7. The molecule has 49 heavy (non-hydrogen) atoms. The monoisotopic (exact) mass is 665 g/mol. The summed E-state index contributed by atoms with van der Waals surface area (Å²) in [5, 5.41) is 26.3. The van der Waals surface area contributed by atoms with E-state index in [1.807, 2.05) is 24.3 Å². The Kier molecular flexibility index (Phi) is 9.27. The van der Waals surface area contributed by atoms with Crippen LogP contribution in [0.5, 0.6) is 0 Å². The number of hydrogen-bond acceptors (Lipinski definition) is 6. The van der Waals surface area contributed by atoms with Gasteiger partial charge in [0.25, 0.3) is 0 Å². The van der Waals surface area contributed by atoms with Crippen molar-refractivity contribution in [1.82, 2.24) is 15.5 Å². The molecule has 260 valence electrons. The molecule has 3 aromatic rings. The molecular weight excluding hydrogens is 614 g/mol. The quantitative estimate of drug-likeness (QED) is 0.209. The fourth-order valence-electron chi connectivity index (χ4n) is 9.99. The molecule has 3 aromatic carbocycles. The summed E-state index contributed by atoms with van der Waals surface area (Å²) in [5.74, 6) is 2.49. The van der Waals surface area contributed by atoms with Crippen LogP contribution in [0.1, 0.15) is 86.5 Å². The molecule has 5 atom stereocenters. The van der Waals surface area contributed by atoms with Gasteiger partial charge in [-0.05, 0) is 96.6 Å². The second-order valence-corrected chi connectivity index (χ2v) is 15.9. The highest BCUT2D eigenvalue weighted by molar-refractivity contribution is 5.75. The van der Waals surface area contributed by atoms with Crippen molar-refractivity contribution < 1.29 is 24.5 Å². The summed E-state index contributed by atoms with van der Waals surface area (Å²) in [4.78, 5) is 15.4. The van der Waals surface area contributed by atoms with Crippen LogP contribution in [0, 0.1) is 23.7 Å². The zero-order chi connectivity index (χ0) is 33.5. The van der Waals surface area contributed by atoms with Crippen molar-refractivity contribution >= 4 is 6.03 Å². The van der Waals surface area contributed by atoms with E-state index >= 15 is 0 Å². The third kappa shape index (κ3) is 7.17. The van der Waals surface area contributed by atoms with E-state index in [2.05, 4.69) is 71.0 Å². The molecule has 4 aliphatic carbocycles. The molecule has 9 rings (SSSR count). The fourth-order valence-corrected chi connectivity index (χ4v) is 9.99. The molecule has 8 heteroatoms. The minimum Gasteiger partial charge on any atom is -0.392 e. The normalized spacial score (nSPS) is 33.9. The molecule has 2 aliphatic heterocycles. The van der Waals surface area contributed by atoms with Crippen molar-refractivity contribution in [2.45, 2.75) is 95.2 Å². The van der Waals surface area contributed by atoms with Crippen molar-refractivity contribution in [1.29, 1.82) is 0 Å². The molecule has 2 heterocycles. The summed E-state index contributed by atoms with van der Waals surface area (Å²) >= 11 is 0. The SMILES string of the molecule is CC1C(CN2CCC(O)C2)OC(c2ccc(-c3cccc(CNC(=O)NC45CC6CC(CC(C6)C4)C5)c3)cc2)OC1c1ccc(CO)cc1. The van der Waals surface area contributed by atoms with Crippen LogP contribution >= 0.6 is 0 Å². The van der Waals surface area contributed by atoms with Crippen molar-refractivity contribution in [3.8, 4) is 11.1 Å². The largest absolute Gasteiger partial charge is 0.392 e. The van der Waals surface area contributed by atoms with Gasteiger partial charge in [0.05, 0.1) is 24.9 Å². The van der Waals surface area contributed by atoms with Gasteiger partial charge >= 0.3 is 6.03 Å². The first-order valence-electron chi connectivity index (χ1n) is 18.5. The van der Waals surface area contributed by atoms with Crippen LogP contribution in [-0.2, 0) is 22.6 Å². The highest BCUT2D eigenvalue weighted by Crippen LogP contribution is 2.55. The number of amides is 2. The summed E-state index contributed by atoms with van der Waals surface area (Å²) in [7, 11) is 0. The van der Waals surface area contributed by atoms with E-state index in [1.54, 1.807) is 0 Å². The van der Waals surface area contributed by atoms with E-state index in [4.69, 9.17) is 9.47 Å². The predicted octanol–water partition coefficient (Wildman–Crippen LogP) is 6.47. The first kappa shape index (κ1) is 32.9. The van der Waals surface area contributed by atoms with Crippen LogP contribution < -0.4 is 10.6 Å². The average molecular weight is 666 g/mol. The zero-order valence-corrected chi connectivity index (χ0v) is 28.6. The van der Waals surface area contributed by atoms with Gasteiger partial charge in [-0.15, -0.1) is 0 Å². The molecule has 4 N–H and O–H groups in total. The number of aliphatic hydroxyl groups excluding tert-OH is 2. The van der Waals surface area contributed by atoms with E-state index in [0.717, 1.165) is 89.9 Å².